The number of nitrogens with zero attached hydrogens (tertiary/aromatic N) is 2. The van der Waals surface area contributed by atoms with Crippen molar-refractivity contribution in [2.45, 2.75) is 11.8 Å². The van der Waals surface area contributed by atoms with E-state index in [-0.39, 0.29) is 0 Å². The normalized spacial score (nSPS) is 10.7. The molecule has 0 aliphatic rings. The van der Waals surface area contributed by atoms with E-state index in [4.69, 9.17) is 5.26 Å². The molecule has 0 atom stereocenters. The summed E-state index contributed by atoms with van der Waals surface area (Å²) >= 11 is 1.24. The number of aryl methyl sites for hydroxylation is 2. The van der Waals surface area contributed by atoms with Gasteiger partial charge in [-0.3, -0.25) is 0 Å². The molecule has 0 amide bonds. The van der Waals surface area contributed by atoms with Crippen LogP contribution in [0.3, 0.4) is 0 Å². The van der Waals surface area contributed by atoms with Crippen molar-refractivity contribution in [1.29, 1.82) is 5.26 Å². The second kappa shape index (κ2) is 5.07. The van der Waals surface area contributed by atoms with Crippen molar-refractivity contribution in [1.82, 2.24) is 4.57 Å². The third-order valence-corrected chi connectivity index (χ3v) is 4.24. The highest BCUT2D eigenvalue weighted by atomic mass is 32.2. The zero-order chi connectivity index (χ0) is 14.1. The first-order valence-corrected chi connectivity index (χ1v) is 7.24. The average Bonchev–Trinajstić information content (AvgIpc) is 2.74. The molecule has 1 heterocycles. The van der Waals surface area contributed by atoms with Crippen LogP contribution in [0.5, 0.6) is 0 Å². The third-order valence-electron chi connectivity index (χ3n) is 3.53. The van der Waals surface area contributed by atoms with E-state index < -0.39 is 0 Å². The molecular formula is C17H14N2S. The fraction of sp³-hybridized carbons (Fsp3) is 0.118. The van der Waals surface area contributed by atoms with Crippen LogP contribution in [0.4, 0.5) is 0 Å². The van der Waals surface area contributed by atoms with Gasteiger partial charge in [-0.15, -0.1) is 0 Å². The summed E-state index contributed by atoms with van der Waals surface area (Å²) in [5, 5.41) is 12.5. The molecule has 0 saturated carbocycles. The number of hydrogen-bond donors (Lipinski definition) is 0. The van der Waals surface area contributed by atoms with Crippen molar-refractivity contribution < 1.29 is 0 Å². The third kappa shape index (κ3) is 1.99. The van der Waals surface area contributed by atoms with E-state index in [1.54, 1.807) is 0 Å². The molecule has 2 aromatic carbocycles. The summed E-state index contributed by atoms with van der Waals surface area (Å²) in [6, 6.07) is 16.7. The molecule has 0 spiro atoms. The van der Waals surface area contributed by atoms with Crippen LogP contribution >= 0.6 is 11.8 Å². The predicted molar refractivity (Wildman–Crippen MR) is 84.6 cm³/mol. The highest BCUT2D eigenvalue weighted by molar-refractivity contribution is 8.04. The first kappa shape index (κ1) is 12.8. The van der Waals surface area contributed by atoms with E-state index in [1.807, 2.05) is 12.1 Å². The summed E-state index contributed by atoms with van der Waals surface area (Å²) in [4.78, 5) is 1.04. The van der Waals surface area contributed by atoms with Gasteiger partial charge in [0.2, 0.25) is 0 Å². The lowest BCUT2D eigenvalue weighted by Gasteiger charge is -2.06. The summed E-state index contributed by atoms with van der Waals surface area (Å²) in [6.07, 6.45) is 0. The van der Waals surface area contributed by atoms with Gasteiger partial charge in [-0.05, 0) is 30.3 Å². The predicted octanol–water partition coefficient (Wildman–Crippen LogP) is 4.73. The summed E-state index contributed by atoms with van der Waals surface area (Å²) in [5.74, 6) is 0. The maximum atomic E-state index is 9.11. The van der Waals surface area contributed by atoms with Gasteiger partial charge >= 0.3 is 0 Å². The molecule has 98 valence electrons. The summed E-state index contributed by atoms with van der Waals surface area (Å²) in [5.41, 5.74) is 4.65. The topological polar surface area (TPSA) is 28.7 Å². The molecule has 2 nitrogen and oxygen atoms in total. The molecule has 0 bridgehead atoms. The van der Waals surface area contributed by atoms with Crippen LogP contribution in [0.1, 0.15) is 5.56 Å². The van der Waals surface area contributed by atoms with Crippen molar-refractivity contribution in [3.63, 3.8) is 0 Å². The van der Waals surface area contributed by atoms with E-state index >= 15 is 0 Å². The zero-order valence-electron chi connectivity index (χ0n) is 11.4. The highest BCUT2D eigenvalue weighted by Crippen LogP contribution is 2.39. The first-order valence-electron chi connectivity index (χ1n) is 6.42. The molecule has 0 unspecified atom stereocenters. The van der Waals surface area contributed by atoms with Crippen LogP contribution in [0.2, 0.25) is 0 Å². The SMILES string of the molecule is Cc1ccc(-c2c(SC#N)c3ccccc3n2C)cc1. The van der Waals surface area contributed by atoms with E-state index in [1.165, 1.54) is 17.3 Å². The van der Waals surface area contributed by atoms with Gasteiger partial charge in [0, 0.05) is 18.0 Å². The van der Waals surface area contributed by atoms with Gasteiger partial charge in [0.15, 0.2) is 0 Å². The largest absolute Gasteiger partial charge is 0.343 e. The number of nitriles is 1. The monoisotopic (exact) mass is 278 g/mol. The molecule has 1 aromatic heterocycles. The molecule has 3 aromatic rings. The van der Waals surface area contributed by atoms with Crippen molar-refractivity contribution in [3.8, 4) is 16.7 Å². The van der Waals surface area contributed by atoms with Gasteiger partial charge in [0.25, 0.3) is 0 Å². The number of thiocyanates is 1. The van der Waals surface area contributed by atoms with Gasteiger partial charge < -0.3 is 4.57 Å². The molecule has 3 rings (SSSR count). The van der Waals surface area contributed by atoms with Gasteiger partial charge in [-0.25, -0.2) is 0 Å². The zero-order valence-corrected chi connectivity index (χ0v) is 12.2. The minimum Gasteiger partial charge on any atom is -0.343 e. The van der Waals surface area contributed by atoms with Gasteiger partial charge in [-0.2, -0.15) is 5.26 Å². The van der Waals surface area contributed by atoms with Crippen LogP contribution in [0.15, 0.2) is 53.4 Å². The van der Waals surface area contributed by atoms with E-state index in [2.05, 4.69) is 60.3 Å². The number of para-hydroxylation sites is 1. The molecule has 0 radical (unpaired) electrons. The number of fused-ring (bicyclic) bond motifs is 1. The lowest BCUT2D eigenvalue weighted by atomic mass is 10.1. The Morgan fingerprint density at radius 1 is 1.05 bits per heavy atom. The Hall–Kier alpha value is -2.18. The summed E-state index contributed by atoms with van der Waals surface area (Å²) in [7, 11) is 2.05. The molecule has 3 heteroatoms. The number of thioether (sulfide) groups is 1. The fourth-order valence-corrected chi connectivity index (χ4v) is 3.27. The van der Waals surface area contributed by atoms with E-state index in [9.17, 15) is 0 Å². The number of aromatic nitrogens is 1. The van der Waals surface area contributed by atoms with Crippen molar-refractivity contribution >= 4 is 22.7 Å². The maximum Gasteiger partial charge on any atom is 0.138 e. The minimum absolute atomic E-state index is 1.04. The summed E-state index contributed by atoms with van der Waals surface area (Å²) < 4.78 is 2.17. The Bertz CT molecular complexity index is 807. The lowest BCUT2D eigenvalue weighted by molar-refractivity contribution is 0.968. The second-order valence-corrected chi connectivity index (χ2v) is 5.61. The Kier molecular flexibility index (Phi) is 3.25. The van der Waals surface area contributed by atoms with Gasteiger partial charge in [0.05, 0.1) is 10.6 Å². The molecule has 0 aliphatic heterocycles. The average molecular weight is 278 g/mol. The number of rotatable bonds is 2. The highest BCUT2D eigenvalue weighted by Gasteiger charge is 2.16. The lowest BCUT2D eigenvalue weighted by Crippen LogP contribution is -1.92. The second-order valence-electron chi connectivity index (χ2n) is 4.81. The van der Waals surface area contributed by atoms with Crippen LogP contribution < -0.4 is 0 Å². The van der Waals surface area contributed by atoms with Crippen LogP contribution in [0, 0.1) is 17.6 Å². The molecular weight excluding hydrogens is 264 g/mol. The Morgan fingerprint density at radius 3 is 2.45 bits per heavy atom. The molecule has 0 N–H and O–H groups in total. The van der Waals surface area contributed by atoms with E-state index in [0.717, 1.165) is 27.1 Å². The summed E-state index contributed by atoms with van der Waals surface area (Å²) in [6.45, 7) is 2.08. The van der Waals surface area contributed by atoms with Crippen LogP contribution in [0.25, 0.3) is 22.2 Å². The van der Waals surface area contributed by atoms with Gasteiger partial charge in [-0.1, -0.05) is 48.0 Å². The standard InChI is InChI=1S/C17H14N2S/c1-12-7-9-13(10-8-12)16-17(20-11-18)14-5-3-4-6-15(14)19(16)2/h3-10H,1-2H3. The van der Waals surface area contributed by atoms with Crippen molar-refractivity contribution in [2.75, 3.05) is 0 Å². The van der Waals surface area contributed by atoms with Crippen molar-refractivity contribution in [3.05, 3.63) is 54.1 Å². The van der Waals surface area contributed by atoms with E-state index in [0.29, 0.717) is 0 Å². The Morgan fingerprint density at radius 2 is 1.75 bits per heavy atom. The Labute approximate surface area is 122 Å². The fourth-order valence-electron chi connectivity index (χ4n) is 2.54. The quantitative estimate of drug-likeness (QED) is 0.501. The van der Waals surface area contributed by atoms with Crippen molar-refractivity contribution in [2.24, 2.45) is 7.05 Å². The maximum absolute atomic E-state index is 9.11. The molecule has 0 fully saturated rings. The minimum atomic E-state index is 1.04. The molecule has 0 aliphatic carbocycles. The Balaban J connectivity index is 2.34. The van der Waals surface area contributed by atoms with Gasteiger partial charge in [0.1, 0.15) is 5.40 Å². The van der Waals surface area contributed by atoms with Crippen LogP contribution in [-0.4, -0.2) is 4.57 Å². The molecule has 20 heavy (non-hydrogen) atoms. The smallest absolute Gasteiger partial charge is 0.138 e. The number of hydrogen-bond acceptors (Lipinski definition) is 2. The number of benzene rings is 2. The molecule has 0 saturated heterocycles. The van der Waals surface area contributed by atoms with Crippen LogP contribution in [-0.2, 0) is 7.05 Å². The first-order chi connectivity index (χ1) is 9.72.